The Labute approximate surface area is 92.0 Å². The second-order valence-electron chi connectivity index (χ2n) is 2.97. The Kier molecular flexibility index (Phi) is 3.84. The Hall–Kier alpha value is -2.08. The lowest BCUT2D eigenvalue weighted by Gasteiger charge is -2.09. The van der Waals surface area contributed by atoms with Gasteiger partial charge in [0.05, 0.1) is 24.9 Å². The highest BCUT2D eigenvalue weighted by molar-refractivity contribution is 5.95. The topological polar surface area (TPSA) is 102 Å². The van der Waals surface area contributed by atoms with Crippen molar-refractivity contribution >= 4 is 17.6 Å². The highest BCUT2D eigenvalue weighted by Gasteiger charge is 2.10. The van der Waals surface area contributed by atoms with Gasteiger partial charge in [0.25, 0.3) is 0 Å². The van der Waals surface area contributed by atoms with Crippen LogP contribution in [0.3, 0.4) is 0 Å². The summed E-state index contributed by atoms with van der Waals surface area (Å²) < 4.78 is 4.96. The molecular formula is C10H12N2O4. The third-order valence-electron chi connectivity index (χ3n) is 1.91. The molecule has 4 N–H and O–H groups in total. The second kappa shape index (κ2) is 5.13. The van der Waals surface area contributed by atoms with Gasteiger partial charge >= 0.3 is 5.97 Å². The van der Waals surface area contributed by atoms with Crippen molar-refractivity contribution in [2.24, 2.45) is 5.73 Å². The number of hydrogen-bond donors (Lipinski definition) is 3. The number of aromatic carboxylic acids is 1. The molecule has 0 aliphatic rings. The molecule has 0 radical (unpaired) electrons. The minimum atomic E-state index is -1.06. The maximum Gasteiger partial charge on any atom is 0.335 e. The number of nitrogens with one attached hydrogen (secondary N) is 1. The van der Waals surface area contributed by atoms with Crippen molar-refractivity contribution in [2.75, 3.05) is 19.0 Å². The van der Waals surface area contributed by atoms with Crippen molar-refractivity contribution in [3.63, 3.8) is 0 Å². The third-order valence-corrected chi connectivity index (χ3v) is 1.91. The van der Waals surface area contributed by atoms with Gasteiger partial charge in [-0.3, -0.25) is 4.79 Å². The molecule has 6 nitrogen and oxygen atoms in total. The number of benzene rings is 1. The summed E-state index contributed by atoms with van der Waals surface area (Å²) >= 11 is 0. The van der Waals surface area contributed by atoms with Gasteiger partial charge in [0.15, 0.2) is 0 Å². The van der Waals surface area contributed by atoms with Crippen molar-refractivity contribution in [1.29, 1.82) is 0 Å². The van der Waals surface area contributed by atoms with Crippen molar-refractivity contribution in [3.8, 4) is 5.75 Å². The summed E-state index contributed by atoms with van der Waals surface area (Å²) in [6.45, 7) is -0.149. The molecule has 0 bridgehead atoms. The number of amides is 1. The number of rotatable bonds is 4. The highest BCUT2D eigenvalue weighted by atomic mass is 16.5. The SMILES string of the molecule is COc1cc(C(=O)O)ccc1NC(=O)CN. The summed E-state index contributed by atoms with van der Waals surface area (Å²) in [6.07, 6.45) is 0. The molecule has 6 heteroatoms. The maximum atomic E-state index is 11.1. The molecule has 0 atom stereocenters. The molecule has 1 aromatic rings. The molecule has 86 valence electrons. The van der Waals surface area contributed by atoms with E-state index in [2.05, 4.69) is 5.32 Å². The molecule has 0 fully saturated rings. The van der Waals surface area contributed by atoms with E-state index in [0.717, 1.165) is 0 Å². The zero-order valence-electron chi connectivity index (χ0n) is 8.69. The van der Waals surface area contributed by atoms with E-state index < -0.39 is 5.97 Å². The summed E-state index contributed by atoms with van der Waals surface area (Å²) in [7, 11) is 1.39. The fraction of sp³-hybridized carbons (Fsp3) is 0.200. The fourth-order valence-corrected chi connectivity index (χ4v) is 1.13. The Bertz CT molecular complexity index is 417. The number of hydrogen-bond acceptors (Lipinski definition) is 4. The lowest BCUT2D eigenvalue weighted by molar-refractivity contribution is -0.114. The number of carbonyl (C=O) groups excluding carboxylic acids is 1. The van der Waals surface area contributed by atoms with Gasteiger partial charge in [-0.15, -0.1) is 0 Å². The van der Waals surface area contributed by atoms with Crippen LogP contribution in [0, 0.1) is 0 Å². The molecule has 0 unspecified atom stereocenters. The van der Waals surface area contributed by atoms with E-state index >= 15 is 0 Å². The van der Waals surface area contributed by atoms with Gasteiger partial charge in [0.1, 0.15) is 5.75 Å². The molecular weight excluding hydrogens is 212 g/mol. The molecule has 0 aromatic heterocycles. The maximum absolute atomic E-state index is 11.1. The van der Waals surface area contributed by atoms with E-state index in [1.165, 1.54) is 25.3 Å². The zero-order valence-corrected chi connectivity index (χ0v) is 8.69. The van der Waals surface area contributed by atoms with Gasteiger partial charge in [-0.1, -0.05) is 0 Å². The predicted octanol–water partition coefficient (Wildman–Crippen LogP) is 0.291. The number of carboxylic acids is 1. The van der Waals surface area contributed by atoms with Crippen molar-refractivity contribution in [2.45, 2.75) is 0 Å². The number of ether oxygens (including phenoxy) is 1. The van der Waals surface area contributed by atoms with Crippen molar-refractivity contribution in [1.82, 2.24) is 0 Å². The average molecular weight is 224 g/mol. The molecule has 0 heterocycles. The van der Waals surface area contributed by atoms with E-state index in [1.807, 2.05) is 0 Å². The molecule has 16 heavy (non-hydrogen) atoms. The largest absolute Gasteiger partial charge is 0.495 e. The van der Waals surface area contributed by atoms with Crippen LogP contribution >= 0.6 is 0 Å². The van der Waals surface area contributed by atoms with E-state index in [1.54, 1.807) is 0 Å². The van der Waals surface area contributed by atoms with Gasteiger partial charge < -0.3 is 20.9 Å². The van der Waals surface area contributed by atoms with Gasteiger partial charge in [-0.05, 0) is 18.2 Å². The van der Waals surface area contributed by atoms with Crippen LogP contribution in [0.15, 0.2) is 18.2 Å². The minimum Gasteiger partial charge on any atom is -0.495 e. The van der Waals surface area contributed by atoms with E-state index in [0.29, 0.717) is 5.69 Å². The lowest BCUT2D eigenvalue weighted by atomic mass is 10.2. The molecule has 0 saturated carbocycles. The van der Waals surface area contributed by atoms with E-state index in [-0.39, 0.29) is 23.8 Å². The Morgan fingerprint density at radius 1 is 1.50 bits per heavy atom. The smallest absolute Gasteiger partial charge is 0.335 e. The van der Waals surface area contributed by atoms with Crippen LogP contribution in [0.5, 0.6) is 5.75 Å². The standard InChI is InChI=1S/C10H12N2O4/c1-16-8-4-6(10(14)15)2-3-7(8)12-9(13)5-11/h2-4H,5,11H2,1H3,(H,12,13)(H,14,15). The molecule has 1 rings (SSSR count). The van der Waals surface area contributed by atoms with Crippen molar-refractivity contribution in [3.05, 3.63) is 23.8 Å². The Balaban J connectivity index is 3.02. The summed E-state index contributed by atoms with van der Waals surface area (Å²) in [4.78, 5) is 21.8. The van der Waals surface area contributed by atoms with E-state index in [9.17, 15) is 9.59 Å². The van der Waals surface area contributed by atoms with Gasteiger partial charge in [0, 0.05) is 0 Å². The molecule has 0 spiro atoms. The number of carbonyl (C=O) groups is 2. The minimum absolute atomic E-state index is 0.0857. The first-order chi connectivity index (χ1) is 7.58. The first-order valence-corrected chi connectivity index (χ1v) is 4.49. The van der Waals surface area contributed by atoms with Crippen molar-refractivity contribution < 1.29 is 19.4 Å². The molecule has 0 saturated heterocycles. The molecule has 1 aromatic carbocycles. The first kappa shape index (κ1) is 12.0. The number of anilines is 1. The summed E-state index contributed by atoms with van der Waals surface area (Å²) in [5.41, 5.74) is 5.62. The summed E-state index contributed by atoms with van der Waals surface area (Å²) in [6, 6.07) is 4.15. The molecule has 0 aliphatic carbocycles. The quantitative estimate of drug-likeness (QED) is 0.682. The number of carboxylic acid groups (broad SMARTS) is 1. The van der Waals surface area contributed by atoms with Crippen LogP contribution in [0.2, 0.25) is 0 Å². The van der Waals surface area contributed by atoms with Gasteiger partial charge in [-0.25, -0.2) is 4.79 Å². The average Bonchev–Trinajstić information content (AvgIpc) is 2.29. The molecule has 1 amide bonds. The lowest BCUT2D eigenvalue weighted by Crippen LogP contribution is -2.22. The first-order valence-electron chi connectivity index (χ1n) is 4.49. The summed E-state index contributed by atoms with van der Waals surface area (Å²) in [5, 5.41) is 11.3. The third kappa shape index (κ3) is 2.71. The monoisotopic (exact) mass is 224 g/mol. The summed E-state index contributed by atoms with van der Waals surface area (Å²) in [5.74, 6) is -1.15. The van der Waals surface area contributed by atoms with Gasteiger partial charge in [-0.2, -0.15) is 0 Å². The Morgan fingerprint density at radius 2 is 2.19 bits per heavy atom. The van der Waals surface area contributed by atoms with E-state index in [4.69, 9.17) is 15.6 Å². The highest BCUT2D eigenvalue weighted by Crippen LogP contribution is 2.25. The zero-order chi connectivity index (χ0) is 12.1. The predicted molar refractivity (Wildman–Crippen MR) is 57.6 cm³/mol. The fourth-order valence-electron chi connectivity index (χ4n) is 1.13. The van der Waals surface area contributed by atoms with Crippen LogP contribution in [0.25, 0.3) is 0 Å². The normalized spacial score (nSPS) is 9.62. The van der Waals surface area contributed by atoms with Crippen LogP contribution in [-0.4, -0.2) is 30.6 Å². The van der Waals surface area contributed by atoms with Crippen LogP contribution in [0.1, 0.15) is 10.4 Å². The van der Waals surface area contributed by atoms with Crippen LogP contribution < -0.4 is 15.8 Å². The second-order valence-corrected chi connectivity index (χ2v) is 2.97. The van der Waals surface area contributed by atoms with Gasteiger partial charge in [0.2, 0.25) is 5.91 Å². The molecule has 0 aliphatic heterocycles. The van der Waals surface area contributed by atoms with Crippen LogP contribution in [0.4, 0.5) is 5.69 Å². The number of nitrogens with two attached hydrogens (primary N) is 1. The Morgan fingerprint density at radius 3 is 2.69 bits per heavy atom. The van der Waals surface area contributed by atoms with Crippen LogP contribution in [-0.2, 0) is 4.79 Å². The number of methoxy groups -OCH3 is 1.